The lowest BCUT2D eigenvalue weighted by molar-refractivity contribution is -0.136. The van der Waals surface area contributed by atoms with Gasteiger partial charge in [0.1, 0.15) is 5.75 Å². The molecule has 1 amide bonds. The van der Waals surface area contributed by atoms with Gasteiger partial charge in [0, 0.05) is 33.1 Å². The maximum Gasteiger partial charge on any atom is 0.243 e. The van der Waals surface area contributed by atoms with Gasteiger partial charge in [-0.25, -0.2) is 8.42 Å². The molecule has 1 N–H and O–H groups in total. The molecule has 8 nitrogen and oxygen atoms in total. The Balaban J connectivity index is 1.40. The van der Waals surface area contributed by atoms with E-state index in [-0.39, 0.29) is 37.0 Å². The van der Waals surface area contributed by atoms with Crippen LogP contribution < -0.4 is 4.74 Å². The number of sulfonamides is 1. The first-order chi connectivity index (χ1) is 17.1. The van der Waals surface area contributed by atoms with Crippen LogP contribution in [0.4, 0.5) is 0 Å². The molecule has 1 saturated heterocycles. The molecule has 0 aliphatic carbocycles. The number of carbonyl (C=O) groups is 1. The van der Waals surface area contributed by atoms with Gasteiger partial charge < -0.3 is 19.5 Å². The zero-order chi connectivity index (χ0) is 26.3. The van der Waals surface area contributed by atoms with Crippen molar-refractivity contribution in [1.29, 1.82) is 0 Å². The van der Waals surface area contributed by atoms with Crippen molar-refractivity contribution in [3.63, 3.8) is 0 Å². The van der Waals surface area contributed by atoms with Crippen molar-refractivity contribution in [2.45, 2.75) is 50.0 Å². The van der Waals surface area contributed by atoms with Gasteiger partial charge in [0.05, 0.1) is 37.2 Å². The highest BCUT2D eigenvalue weighted by molar-refractivity contribution is 7.89. The maximum atomic E-state index is 13.1. The first-order valence-corrected chi connectivity index (χ1v) is 13.7. The molecule has 0 unspecified atom stereocenters. The molecule has 1 aliphatic rings. The minimum absolute atomic E-state index is 0.0118. The lowest BCUT2D eigenvalue weighted by atomic mass is 9.85. The summed E-state index contributed by atoms with van der Waals surface area (Å²) in [5, 5.41) is 10.9. The van der Waals surface area contributed by atoms with Crippen LogP contribution in [0.1, 0.15) is 36.0 Å². The summed E-state index contributed by atoms with van der Waals surface area (Å²) in [6.45, 7) is 5.13. The van der Waals surface area contributed by atoms with Crippen LogP contribution in [0.2, 0.25) is 0 Å². The first kappa shape index (κ1) is 28.1. The molecule has 36 heavy (non-hydrogen) atoms. The Morgan fingerprint density at radius 1 is 1.08 bits per heavy atom. The topological polar surface area (TPSA) is 96.4 Å². The molecule has 1 fully saturated rings. The van der Waals surface area contributed by atoms with E-state index in [2.05, 4.69) is 0 Å². The molecule has 0 spiro atoms. The van der Waals surface area contributed by atoms with Crippen LogP contribution in [0.3, 0.4) is 0 Å². The molecule has 0 atom stereocenters. The van der Waals surface area contributed by atoms with Gasteiger partial charge in [-0.3, -0.25) is 4.79 Å². The standard InChI is InChI=1S/C27H38N2O6S/c1-21-18-24(34-4)19-22(2)26(21)36(32,33)28(3)15-17-35-16-10-25(30)29-13-11-27(31,12-14-29)20-23-8-6-5-7-9-23/h5-9,18-19,31H,10-17,20H2,1-4H3. The van der Waals surface area contributed by atoms with E-state index in [1.807, 2.05) is 30.3 Å². The van der Waals surface area contributed by atoms with Crippen molar-refractivity contribution in [3.05, 3.63) is 59.2 Å². The van der Waals surface area contributed by atoms with Gasteiger partial charge in [0.15, 0.2) is 0 Å². The zero-order valence-electron chi connectivity index (χ0n) is 21.7. The van der Waals surface area contributed by atoms with Crippen molar-refractivity contribution in [1.82, 2.24) is 9.21 Å². The van der Waals surface area contributed by atoms with E-state index in [1.54, 1.807) is 38.0 Å². The van der Waals surface area contributed by atoms with Gasteiger partial charge in [0.25, 0.3) is 0 Å². The summed E-state index contributed by atoms with van der Waals surface area (Å²) in [6.07, 6.45) is 1.90. The molecule has 1 heterocycles. The Bertz CT molecular complexity index is 1110. The van der Waals surface area contributed by atoms with E-state index in [4.69, 9.17) is 9.47 Å². The molecule has 0 saturated carbocycles. The highest BCUT2D eigenvalue weighted by atomic mass is 32.2. The predicted molar refractivity (Wildman–Crippen MR) is 139 cm³/mol. The SMILES string of the molecule is COc1cc(C)c(S(=O)(=O)N(C)CCOCCC(=O)N2CCC(O)(Cc3ccccc3)CC2)c(C)c1. The molecule has 2 aromatic rings. The Kier molecular flexibility index (Phi) is 9.52. The number of likely N-dealkylation sites (N-methyl/N-ethyl adjacent to an activating group) is 1. The normalized spacial score (nSPS) is 15.8. The van der Waals surface area contributed by atoms with Crippen LogP contribution in [0.15, 0.2) is 47.4 Å². The number of nitrogens with zero attached hydrogens (tertiary/aromatic N) is 2. The number of aryl methyl sites for hydroxylation is 2. The number of methoxy groups -OCH3 is 1. The molecule has 2 aromatic carbocycles. The predicted octanol–water partition coefficient (Wildman–Crippen LogP) is 2.94. The summed E-state index contributed by atoms with van der Waals surface area (Å²) < 4.78 is 38.2. The lowest BCUT2D eigenvalue weighted by Gasteiger charge is -2.38. The second kappa shape index (κ2) is 12.2. The molecule has 0 aromatic heterocycles. The third-order valence-electron chi connectivity index (χ3n) is 6.77. The number of benzene rings is 2. The average molecular weight is 519 g/mol. The Morgan fingerprint density at radius 3 is 2.28 bits per heavy atom. The summed E-state index contributed by atoms with van der Waals surface area (Å²) >= 11 is 0. The van der Waals surface area contributed by atoms with Crippen LogP contribution in [0.5, 0.6) is 5.75 Å². The van der Waals surface area contributed by atoms with E-state index in [0.29, 0.717) is 49.2 Å². The van der Waals surface area contributed by atoms with Crippen LogP contribution in [0.25, 0.3) is 0 Å². The summed E-state index contributed by atoms with van der Waals surface area (Å²) in [6, 6.07) is 13.3. The summed E-state index contributed by atoms with van der Waals surface area (Å²) in [5.41, 5.74) is 1.56. The first-order valence-electron chi connectivity index (χ1n) is 12.3. The molecule has 0 bridgehead atoms. The van der Waals surface area contributed by atoms with E-state index in [0.717, 1.165) is 5.56 Å². The van der Waals surface area contributed by atoms with Gasteiger partial charge in [-0.2, -0.15) is 4.31 Å². The average Bonchev–Trinajstić information content (AvgIpc) is 2.83. The highest BCUT2D eigenvalue weighted by Gasteiger charge is 2.33. The van der Waals surface area contributed by atoms with E-state index in [9.17, 15) is 18.3 Å². The molecule has 0 radical (unpaired) electrons. The fourth-order valence-electron chi connectivity index (χ4n) is 4.65. The van der Waals surface area contributed by atoms with Crippen molar-refractivity contribution in [2.75, 3.05) is 47.0 Å². The largest absolute Gasteiger partial charge is 0.497 e. The van der Waals surface area contributed by atoms with Crippen LogP contribution >= 0.6 is 0 Å². The summed E-state index contributed by atoms with van der Waals surface area (Å²) in [5.74, 6) is 0.608. The second-order valence-corrected chi connectivity index (χ2v) is 11.5. The fourth-order valence-corrected chi connectivity index (χ4v) is 6.21. The third-order valence-corrected chi connectivity index (χ3v) is 8.93. The molecule has 1 aliphatic heterocycles. The van der Waals surface area contributed by atoms with Crippen molar-refractivity contribution in [3.8, 4) is 5.75 Å². The summed E-state index contributed by atoms with van der Waals surface area (Å²) in [7, 11) is -0.606. The number of piperidine rings is 1. The van der Waals surface area contributed by atoms with Crippen LogP contribution in [0, 0.1) is 13.8 Å². The quantitative estimate of drug-likeness (QED) is 0.460. The van der Waals surface area contributed by atoms with Gasteiger partial charge in [0.2, 0.25) is 15.9 Å². The van der Waals surface area contributed by atoms with Gasteiger partial charge in [-0.05, 0) is 55.5 Å². The minimum Gasteiger partial charge on any atom is -0.497 e. The number of carbonyl (C=O) groups excluding carboxylic acids is 1. The second-order valence-electron chi connectivity index (χ2n) is 9.55. The van der Waals surface area contributed by atoms with E-state index in [1.165, 1.54) is 11.4 Å². The number of likely N-dealkylation sites (tertiary alicyclic amines) is 1. The van der Waals surface area contributed by atoms with E-state index >= 15 is 0 Å². The highest BCUT2D eigenvalue weighted by Crippen LogP contribution is 2.28. The number of ether oxygens (including phenoxy) is 2. The number of aliphatic hydroxyl groups is 1. The van der Waals surface area contributed by atoms with Crippen molar-refractivity contribution < 1.29 is 27.8 Å². The van der Waals surface area contributed by atoms with Crippen LogP contribution in [-0.4, -0.2) is 81.2 Å². The number of amides is 1. The Morgan fingerprint density at radius 2 is 1.69 bits per heavy atom. The van der Waals surface area contributed by atoms with Gasteiger partial charge in [-0.1, -0.05) is 30.3 Å². The van der Waals surface area contributed by atoms with Crippen molar-refractivity contribution >= 4 is 15.9 Å². The van der Waals surface area contributed by atoms with Crippen molar-refractivity contribution in [2.24, 2.45) is 0 Å². The molecule has 198 valence electrons. The molecular formula is C27H38N2O6S. The fraction of sp³-hybridized carbons (Fsp3) is 0.519. The Hall–Kier alpha value is -2.46. The maximum absolute atomic E-state index is 13.1. The molecular weight excluding hydrogens is 480 g/mol. The molecule has 9 heteroatoms. The van der Waals surface area contributed by atoms with Crippen LogP contribution in [-0.2, 0) is 26.0 Å². The smallest absolute Gasteiger partial charge is 0.243 e. The zero-order valence-corrected chi connectivity index (χ0v) is 22.5. The monoisotopic (exact) mass is 518 g/mol. The summed E-state index contributed by atoms with van der Waals surface area (Å²) in [4.78, 5) is 14.6. The third kappa shape index (κ3) is 7.06. The number of hydrogen-bond acceptors (Lipinski definition) is 6. The van der Waals surface area contributed by atoms with Gasteiger partial charge >= 0.3 is 0 Å². The number of rotatable bonds is 11. The molecule has 3 rings (SSSR count). The Labute approximate surface area is 214 Å². The number of hydrogen-bond donors (Lipinski definition) is 1. The van der Waals surface area contributed by atoms with Gasteiger partial charge in [-0.15, -0.1) is 0 Å². The lowest BCUT2D eigenvalue weighted by Crippen LogP contribution is -2.47. The van der Waals surface area contributed by atoms with E-state index < -0.39 is 15.6 Å². The minimum atomic E-state index is -3.68.